The molecule has 0 aromatic rings. The van der Waals surface area contributed by atoms with Gasteiger partial charge in [0.2, 0.25) is 5.91 Å². The molecule has 1 heterocycles. The van der Waals surface area contributed by atoms with Crippen LogP contribution < -0.4 is 5.73 Å². The highest BCUT2D eigenvalue weighted by Crippen LogP contribution is 2.29. The van der Waals surface area contributed by atoms with Gasteiger partial charge in [-0.3, -0.25) is 14.5 Å². The molecule has 0 saturated heterocycles. The molecule has 2 N–H and O–H groups in total. The highest BCUT2D eigenvalue weighted by molar-refractivity contribution is 6.00. The molecule has 0 radical (unpaired) electrons. The Bertz CT molecular complexity index is 496. The van der Waals surface area contributed by atoms with Crippen LogP contribution in [-0.2, 0) is 19.1 Å². The van der Waals surface area contributed by atoms with Crippen molar-refractivity contribution in [3.63, 3.8) is 0 Å². The summed E-state index contributed by atoms with van der Waals surface area (Å²) in [6.45, 7) is 5.05. The molecule has 2 rings (SSSR count). The van der Waals surface area contributed by atoms with E-state index in [9.17, 15) is 14.4 Å². The first-order valence-corrected chi connectivity index (χ1v) is 6.67. The van der Waals surface area contributed by atoms with Gasteiger partial charge >= 0.3 is 5.97 Å². The summed E-state index contributed by atoms with van der Waals surface area (Å²) in [5.74, 6) is -1.45. The number of allylic oxidation sites excluding steroid dienone is 1. The van der Waals surface area contributed by atoms with Gasteiger partial charge in [-0.15, -0.1) is 0 Å². The van der Waals surface area contributed by atoms with E-state index in [0.717, 1.165) is 17.7 Å². The summed E-state index contributed by atoms with van der Waals surface area (Å²) in [4.78, 5) is 38.5. The van der Waals surface area contributed by atoms with Gasteiger partial charge in [-0.05, 0) is 26.7 Å². The molecule has 7 nitrogen and oxygen atoms in total. The van der Waals surface area contributed by atoms with Crippen molar-refractivity contribution in [2.24, 2.45) is 5.73 Å². The zero-order valence-corrected chi connectivity index (χ0v) is 11.9. The summed E-state index contributed by atoms with van der Waals surface area (Å²) in [5, 5.41) is 0. The summed E-state index contributed by atoms with van der Waals surface area (Å²) >= 11 is 0. The van der Waals surface area contributed by atoms with E-state index in [1.165, 1.54) is 11.8 Å². The topological polar surface area (TPSA) is 92.9 Å². The molecule has 1 aliphatic carbocycles. The van der Waals surface area contributed by atoms with Crippen molar-refractivity contribution in [3.05, 3.63) is 11.4 Å². The van der Waals surface area contributed by atoms with Crippen molar-refractivity contribution in [1.29, 1.82) is 0 Å². The van der Waals surface area contributed by atoms with Crippen molar-refractivity contribution in [3.8, 4) is 0 Å². The maximum absolute atomic E-state index is 12.2. The average molecular weight is 281 g/mol. The number of hydrogen-bond acceptors (Lipinski definition) is 5. The van der Waals surface area contributed by atoms with Gasteiger partial charge in [-0.2, -0.15) is 0 Å². The minimum atomic E-state index is -1.18. The Kier molecular flexibility index (Phi) is 3.80. The number of likely N-dealkylation sites (N-methyl/N-ethyl adjacent to an activating group) is 1. The lowest BCUT2D eigenvalue weighted by atomic mass is 10.1. The molecule has 1 atom stereocenters. The first-order valence-electron chi connectivity index (χ1n) is 6.67. The van der Waals surface area contributed by atoms with E-state index < -0.39 is 23.9 Å². The Labute approximate surface area is 117 Å². The van der Waals surface area contributed by atoms with E-state index in [1.54, 1.807) is 13.8 Å². The van der Waals surface area contributed by atoms with Gasteiger partial charge in [0.15, 0.2) is 11.9 Å². The number of ether oxygens (including phenoxy) is 1. The lowest BCUT2D eigenvalue weighted by Gasteiger charge is -2.39. The van der Waals surface area contributed by atoms with Crippen molar-refractivity contribution in [2.75, 3.05) is 6.54 Å². The van der Waals surface area contributed by atoms with E-state index in [0.29, 0.717) is 12.2 Å². The molecule has 2 aliphatic rings. The predicted octanol–water partition coefficient (Wildman–Crippen LogP) is -0.0811. The molecule has 1 saturated carbocycles. The van der Waals surface area contributed by atoms with Gasteiger partial charge in [0.25, 0.3) is 5.91 Å². The monoisotopic (exact) mass is 281 g/mol. The van der Waals surface area contributed by atoms with Crippen LogP contribution in [0.15, 0.2) is 11.4 Å². The fraction of sp³-hybridized carbons (Fsp3) is 0.615. The molecule has 0 aromatic carbocycles. The van der Waals surface area contributed by atoms with Gasteiger partial charge in [-0.1, -0.05) is 0 Å². The Balaban J connectivity index is 2.42. The third kappa shape index (κ3) is 2.40. The Morgan fingerprint density at radius 2 is 2.00 bits per heavy atom. The summed E-state index contributed by atoms with van der Waals surface area (Å²) in [6, 6.07) is 0. The predicted molar refractivity (Wildman–Crippen MR) is 69.7 cm³/mol. The van der Waals surface area contributed by atoms with Crippen LogP contribution in [0.3, 0.4) is 0 Å². The lowest BCUT2D eigenvalue weighted by Crippen LogP contribution is -2.59. The molecule has 1 aliphatic heterocycles. The van der Waals surface area contributed by atoms with E-state index in [2.05, 4.69) is 0 Å². The first kappa shape index (κ1) is 14.5. The second-order valence-electron chi connectivity index (χ2n) is 4.96. The molecule has 7 heteroatoms. The quantitative estimate of drug-likeness (QED) is 0.730. The standard InChI is InChI=1S/C13H19N3O4/c1-4-15-7(2)10(13(19)20-9-5-6-9)16(8(3)17)11(14)12(15)18/h9,11H,4-6,14H2,1-3H3. The maximum Gasteiger partial charge on any atom is 0.357 e. The zero-order chi connectivity index (χ0) is 15.0. The summed E-state index contributed by atoms with van der Waals surface area (Å²) in [5.41, 5.74) is 6.27. The van der Waals surface area contributed by atoms with Crippen LogP contribution in [0.1, 0.15) is 33.6 Å². The number of carbonyl (C=O) groups is 3. The highest BCUT2D eigenvalue weighted by atomic mass is 16.5. The minimum absolute atomic E-state index is 0.0679. The molecular weight excluding hydrogens is 262 g/mol. The van der Waals surface area contributed by atoms with Crippen molar-refractivity contribution < 1.29 is 19.1 Å². The SMILES string of the molecule is CCN1C(=O)C(N)N(C(C)=O)C(C(=O)OC2CC2)=C1C. The number of hydrogen-bond donors (Lipinski definition) is 1. The minimum Gasteiger partial charge on any atom is -0.458 e. The van der Waals surface area contributed by atoms with Crippen LogP contribution in [0.2, 0.25) is 0 Å². The van der Waals surface area contributed by atoms with Crippen LogP contribution in [0, 0.1) is 0 Å². The molecule has 2 amide bonds. The average Bonchev–Trinajstić information content (AvgIpc) is 3.17. The summed E-state index contributed by atoms with van der Waals surface area (Å²) in [6.07, 6.45) is 0.403. The number of nitrogens with two attached hydrogens (primary N) is 1. The molecular formula is C13H19N3O4. The van der Waals surface area contributed by atoms with Gasteiger partial charge in [0, 0.05) is 19.2 Å². The number of amides is 2. The zero-order valence-electron chi connectivity index (χ0n) is 11.9. The summed E-state index contributed by atoms with van der Waals surface area (Å²) < 4.78 is 5.24. The smallest absolute Gasteiger partial charge is 0.357 e. The van der Waals surface area contributed by atoms with E-state index in [-0.39, 0.29) is 11.8 Å². The number of esters is 1. The summed E-state index contributed by atoms with van der Waals surface area (Å²) in [7, 11) is 0. The Morgan fingerprint density at radius 3 is 2.45 bits per heavy atom. The fourth-order valence-electron chi connectivity index (χ4n) is 2.26. The van der Waals surface area contributed by atoms with E-state index in [4.69, 9.17) is 10.5 Å². The molecule has 0 aromatic heterocycles. The van der Waals surface area contributed by atoms with Crippen molar-refractivity contribution in [1.82, 2.24) is 9.80 Å². The van der Waals surface area contributed by atoms with Crippen LogP contribution in [0.5, 0.6) is 0 Å². The third-order valence-corrected chi connectivity index (χ3v) is 3.43. The number of rotatable bonds is 3. The van der Waals surface area contributed by atoms with Crippen LogP contribution in [0.4, 0.5) is 0 Å². The first-order chi connectivity index (χ1) is 9.38. The van der Waals surface area contributed by atoms with Gasteiger partial charge in [0.05, 0.1) is 0 Å². The third-order valence-electron chi connectivity index (χ3n) is 3.43. The number of nitrogens with zero attached hydrogens (tertiary/aromatic N) is 2. The molecule has 1 fully saturated rings. The van der Waals surface area contributed by atoms with E-state index in [1.807, 2.05) is 0 Å². The second-order valence-corrected chi connectivity index (χ2v) is 4.96. The van der Waals surface area contributed by atoms with Crippen LogP contribution in [0.25, 0.3) is 0 Å². The van der Waals surface area contributed by atoms with Gasteiger partial charge in [-0.25, -0.2) is 4.79 Å². The fourth-order valence-corrected chi connectivity index (χ4v) is 2.26. The molecule has 20 heavy (non-hydrogen) atoms. The molecule has 1 unspecified atom stereocenters. The van der Waals surface area contributed by atoms with Gasteiger partial charge < -0.3 is 15.4 Å². The van der Waals surface area contributed by atoms with Crippen molar-refractivity contribution in [2.45, 2.75) is 45.9 Å². The Morgan fingerprint density at radius 1 is 1.40 bits per heavy atom. The second kappa shape index (κ2) is 5.24. The van der Waals surface area contributed by atoms with Crippen molar-refractivity contribution >= 4 is 17.8 Å². The van der Waals surface area contributed by atoms with Crippen LogP contribution in [-0.4, -0.2) is 46.4 Å². The lowest BCUT2D eigenvalue weighted by molar-refractivity contribution is -0.151. The van der Waals surface area contributed by atoms with Crippen LogP contribution >= 0.6 is 0 Å². The maximum atomic E-state index is 12.2. The molecule has 110 valence electrons. The van der Waals surface area contributed by atoms with Gasteiger partial charge in [0.1, 0.15) is 6.10 Å². The van der Waals surface area contributed by atoms with E-state index >= 15 is 0 Å². The largest absolute Gasteiger partial charge is 0.458 e. The molecule has 0 spiro atoms. The molecule has 0 bridgehead atoms. The highest BCUT2D eigenvalue weighted by Gasteiger charge is 2.42. The number of carbonyl (C=O) groups excluding carboxylic acids is 3. The normalized spacial score (nSPS) is 23.2. The Hall–Kier alpha value is -1.89.